The molecule has 0 saturated carbocycles. The van der Waals surface area contributed by atoms with E-state index in [1.807, 2.05) is 31.2 Å². The Labute approximate surface area is 172 Å². The molecule has 0 atom stereocenters. The Kier molecular flexibility index (Phi) is 6.76. The number of hydrogen-bond acceptors (Lipinski definition) is 4. The van der Waals surface area contributed by atoms with E-state index < -0.39 is 10.0 Å². The minimum absolute atomic E-state index is 0.166. The van der Waals surface area contributed by atoms with Gasteiger partial charge in [0, 0.05) is 32.7 Å². The largest absolute Gasteiger partial charge is 0.497 e. The molecule has 29 heavy (non-hydrogen) atoms. The normalized spacial score (nSPS) is 15.2. The average Bonchev–Trinajstić information content (AvgIpc) is 2.74. The molecular weight excluding hydrogens is 390 g/mol. The van der Waals surface area contributed by atoms with Crippen molar-refractivity contribution in [1.82, 2.24) is 14.5 Å². The van der Waals surface area contributed by atoms with Crippen molar-refractivity contribution in [2.24, 2.45) is 0 Å². The van der Waals surface area contributed by atoms with Crippen molar-refractivity contribution >= 4 is 16.1 Å². The Morgan fingerprint density at radius 3 is 2.41 bits per heavy atom. The Hall–Kier alpha value is -2.58. The number of aryl methyl sites for hydroxylation is 1. The first kappa shape index (κ1) is 21.1. The van der Waals surface area contributed by atoms with Crippen molar-refractivity contribution in [2.45, 2.75) is 18.2 Å². The number of carbonyl (C=O) groups is 1. The van der Waals surface area contributed by atoms with Crippen molar-refractivity contribution in [2.75, 3.05) is 39.8 Å². The van der Waals surface area contributed by atoms with Crippen molar-refractivity contribution in [1.29, 1.82) is 0 Å². The van der Waals surface area contributed by atoms with Crippen LogP contribution in [0.2, 0.25) is 0 Å². The van der Waals surface area contributed by atoms with Crippen LogP contribution in [-0.4, -0.2) is 63.5 Å². The number of nitrogens with zero attached hydrogens (tertiary/aromatic N) is 2. The number of piperazine rings is 1. The second kappa shape index (κ2) is 9.28. The lowest BCUT2D eigenvalue weighted by Crippen LogP contribution is -2.53. The van der Waals surface area contributed by atoms with Gasteiger partial charge in [-0.05, 0) is 43.2 Å². The molecule has 2 amide bonds. The van der Waals surface area contributed by atoms with Gasteiger partial charge in [0.05, 0.1) is 12.0 Å². The number of urea groups is 1. The summed E-state index contributed by atoms with van der Waals surface area (Å²) in [5, 5.41) is 2.91. The number of sulfonamides is 1. The van der Waals surface area contributed by atoms with E-state index in [9.17, 15) is 13.2 Å². The number of amides is 2. The summed E-state index contributed by atoms with van der Waals surface area (Å²) in [6, 6.07) is 14.4. The number of carbonyl (C=O) groups excluding carboxylic acids is 1. The topological polar surface area (TPSA) is 79.0 Å². The van der Waals surface area contributed by atoms with E-state index in [-0.39, 0.29) is 6.03 Å². The van der Waals surface area contributed by atoms with Gasteiger partial charge in [0.25, 0.3) is 0 Å². The van der Waals surface area contributed by atoms with Gasteiger partial charge in [-0.1, -0.05) is 29.8 Å². The lowest BCUT2D eigenvalue weighted by Gasteiger charge is -2.34. The quantitative estimate of drug-likeness (QED) is 0.782. The molecule has 0 aromatic heterocycles. The first-order valence-electron chi connectivity index (χ1n) is 9.62. The standard InChI is InChI=1S/C21H27N3O4S/c1-17-6-8-20(9-7-17)29(26,27)24-14-12-23(13-15-24)21(25)22-11-10-18-4-3-5-19(16-18)28-2/h3-9,16H,10-15H2,1-2H3,(H,22,25). The zero-order chi connectivity index (χ0) is 20.9. The highest BCUT2D eigenvalue weighted by molar-refractivity contribution is 7.89. The number of nitrogens with one attached hydrogen (secondary N) is 1. The molecule has 0 aliphatic carbocycles. The van der Waals surface area contributed by atoms with Crippen LogP contribution in [0.4, 0.5) is 4.79 Å². The van der Waals surface area contributed by atoms with Crippen molar-refractivity contribution in [3.8, 4) is 5.75 Å². The van der Waals surface area contributed by atoms with Crippen LogP contribution in [0.3, 0.4) is 0 Å². The first-order valence-corrected chi connectivity index (χ1v) is 11.1. The van der Waals surface area contributed by atoms with Gasteiger partial charge in [-0.15, -0.1) is 0 Å². The Morgan fingerprint density at radius 1 is 1.07 bits per heavy atom. The molecule has 1 fully saturated rings. The first-order chi connectivity index (χ1) is 13.9. The van der Waals surface area contributed by atoms with Gasteiger partial charge in [0.15, 0.2) is 0 Å². The summed E-state index contributed by atoms with van der Waals surface area (Å²) in [4.78, 5) is 14.3. The third kappa shape index (κ3) is 5.27. The summed E-state index contributed by atoms with van der Waals surface area (Å²) in [5.41, 5.74) is 2.10. The van der Waals surface area contributed by atoms with E-state index in [1.54, 1.807) is 36.3 Å². The van der Waals surface area contributed by atoms with Crippen molar-refractivity contribution < 1.29 is 17.9 Å². The lowest BCUT2D eigenvalue weighted by molar-refractivity contribution is 0.172. The van der Waals surface area contributed by atoms with Gasteiger partial charge in [0.1, 0.15) is 5.75 Å². The maximum Gasteiger partial charge on any atom is 0.317 e. The zero-order valence-electron chi connectivity index (χ0n) is 16.8. The van der Waals surface area contributed by atoms with Crippen LogP contribution in [0.15, 0.2) is 53.4 Å². The maximum absolute atomic E-state index is 12.8. The lowest BCUT2D eigenvalue weighted by atomic mass is 10.1. The minimum atomic E-state index is -3.52. The van der Waals surface area contributed by atoms with Crippen LogP contribution in [0.1, 0.15) is 11.1 Å². The van der Waals surface area contributed by atoms with Gasteiger partial charge in [-0.25, -0.2) is 13.2 Å². The molecule has 8 heteroatoms. The molecular formula is C21H27N3O4S. The molecule has 1 saturated heterocycles. The van der Waals surface area contributed by atoms with Crippen LogP contribution in [0.25, 0.3) is 0 Å². The fourth-order valence-electron chi connectivity index (χ4n) is 3.24. The number of rotatable bonds is 6. The molecule has 156 valence electrons. The van der Waals surface area contributed by atoms with Crippen LogP contribution < -0.4 is 10.1 Å². The SMILES string of the molecule is COc1cccc(CCNC(=O)N2CCN(S(=O)(=O)c3ccc(C)cc3)CC2)c1. The third-order valence-electron chi connectivity index (χ3n) is 5.01. The molecule has 7 nitrogen and oxygen atoms in total. The van der Waals surface area contributed by atoms with Crippen LogP contribution in [0, 0.1) is 6.92 Å². The van der Waals surface area contributed by atoms with E-state index in [1.165, 1.54) is 4.31 Å². The zero-order valence-corrected chi connectivity index (χ0v) is 17.6. The summed E-state index contributed by atoms with van der Waals surface area (Å²) in [5.74, 6) is 0.791. The summed E-state index contributed by atoms with van der Waals surface area (Å²) < 4.78 is 32.2. The Morgan fingerprint density at radius 2 is 1.76 bits per heavy atom. The molecule has 0 bridgehead atoms. The molecule has 1 aliphatic heterocycles. The Balaban J connectivity index is 1.48. The van der Waals surface area contributed by atoms with E-state index in [0.29, 0.717) is 44.0 Å². The number of benzene rings is 2. The molecule has 2 aromatic rings. The average molecular weight is 418 g/mol. The summed E-state index contributed by atoms with van der Waals surface area (Å²) in [6.45, 7) is 3.75. The van der Waals surface area contributed by atoms with Crippen LogP contribution in [0.5, 0.6) is 5.75 Å². The monoisotopic (exact) mass is 417 g/mol. The van der Waals surface area contributed by atoms with Gasteiger partial charge >= 0.3 is 6.03 Å². The number of hydrogen-bond donors (Lipinski definition) is 1. The van der Waals surface area contributed by atoms with Crippen molar-refractivity contribution in [3.63, 3.8) is 0 Å². The Bertz CT molecular complexity index is 937. The van der Waals surface area contributed by atoms with E-state index >= 15 is 0 Å². The summed E-state index contributed by atoms with van der Waals surface area (Å²) in [7, 11) is -1.90. The highest BCUT2D eigenvalue weighted by Gasteiger charge is 2.29. The number of ether oxygens (including phenoxy) is 1. The second-order valence-electron chi connectivity index (χ2n) is 7.04. The summed E-state index contributed by atoms with van der Waals surface area (Å²) >= 11 is 0. The number of methoxy groups -OCH3 is 1. The van der Waals surface area contributed by atoms with Gasteiger partial charge in [0.2, 0.25) is 10.0 Å². The molecule has 0 spiro atoms. The fourth-order valence-corrected chi connectivity index (χ4v) is 4.67. The predicted octanol–water partition coefficient (Wildman–Crippen LogP) is 2.26. The highest BCUT2D eigenvalue weighted by Crippen LogP contribution is 2.18. The molecule has 3 rings (SSSR count). The maximum atomic E-state index is 12.8. The molecule has 0 radical (unpaired) electrons. The molecule has 1 aliphatic rings. The predicted molar refractivity (Wildman–Crippen MR) is 112 cm³/mol. The van der Waals surface area contributed by atoms with Crippen LogP contribution in [-0.2, 0) is 16.4 Å². The second-order valence-corrected chi connectivity index (χ2v) is 8.98. The molecule has 1 N–H and O–H groups in total. The van der Waals surface area contributed by atoms with Gasteiger partial charge in [-0.2, -0.15) is 4.31 Å². The smallest absolute Gasteiger partial charge is 0.317 e. The molecule has 2 aromatic carbocycles. The fraction of sp³-hybridized carbons (Fsp3) is 0.381. The van der Waals surface area contributed by atoms with E-state index in [4.69, 9.17) is 4.74 Å². The van der Waals surface area contributed by atoms with E-state index in [0.717, 1.165) is 16.9 Å². The van der Waals surface area contributed by atoms with Crippen molar-refractivity contribution in [3.05, 3.63) is 59.7 Å². The van der Waals surface area contributed by atoms with Gasteiger partial charge < -0.3 is 15.0 Å². The molecule has 0 unspecified atom stereocenters. The van der Waals surface area contributed by atoms with Crippen LogP contribution >= 0.6 is 0 Å². The van der Waals surface area contributed by atoms with Gasteiger partial charge in [-0.3, -0.25) is 0 Å². The minimum Gasteiger partial charge on any atom is -0.497 e. The summed E-state index contributed by atoms with van der Waals surface area (Å²) in [6.07, 6.45) is 0.699. The molecule has 1 heterocycles. The third-order valence-corrected chi connectivity index (χ3v) is 6.92. The van der Waals surface area contributed by atoms with E-state index in [2.05, 4.69) is 5.32 Å². The highest BCUT2D eigenvalue weighted by atomic mass is 32.2.